The average Bonchev–Trinajstić information content (AvgIpc) is 2.92. The summed E-state index contributed by atoms with van der Waals surface area (Å²) in [6.45, 7) is 12.6. The number of carbonyl (C=O) groups is 1. The van der Waals surface area contributed by atoms with E-state index in [1.54, 1.807) is 6.07 Å². The average molecular weight is 585 g/mol. The molecule has 0 aliphatic carbocycles. The minimum atomic E-state index is -2.63. The Labute approximate surface area is 245 Å². The van der Waals surface area contributed by atoms with Crippen LogP contribution in [0.4, 0.5) is 18.9 Å². The van der Waals surface area contributed by atoms with E-state index in [9.17, 15) is 18.0 Å². The molecule has 1 radical (unpaired) electrons. The van der Waals surface area contributed by atoms with Gasteiger partial charge in [0.25, 0.3) is 13.2 Å². The first-order chi connectivity index (χ1) is 19.6. The van der Waals surface area contributed by atoms with Crippen LogP contribution in [-0.2, 0) is 0 Å². The van der Waals surface area contributed by atoms with Gasteiger partial charge in [-0.1, -0.05) is 68.2 Å². The quantitative estimate of drug-likeness (QED) is 0.209. The Hall–Kier alpha value is -2.77. The normalized spacial score (nSPS) is 18.1. The fraction of sp³-hybridized carbons (Fsp3) is 0.452. The number of alkyl halides is 2. The van der Waals surface area contributed by atoms with E-state index in [2.05, 4.69) is 62.4 Å². The minimum Gasteiger partial charge on any atom is -0.322 e. The molecule has 1 aliphatic heterocycles. The Morgan fingerprint density at radius 3 is 2.46 bits per heavy atom. The van der Waals surface area contributed by atoms with Gasteiger partial charge in [0.05, 0.1) is 17.0 Å². The van der Waals surface area contributed by atoms with Crippen molar-refractivity contribution in [1.29, 1.82) is 0 Å². The number of hydrogen-bond donors (Lipinski definition) is 2. The van der Waals surface area contributed by atoms with Crippen LogP contribution in [0.25, 0.3) is 0 Å². The largest absolute Gasteiger partial charge is 0.322 e. The number of amides is 1. The Morgan fingerprint density at radius 2 is 1.85 bits per heavy atom. The summed E-state index contributed by atoms with van der Waals surface area (Å²) in [7, 11) is 1.16. The van der Waals surface area contributed by atoms with Gasteiger partial charge < -0.3 is 5.32 Å². The van der Waals surface area contributed by atoms with Gasteiger partial charge in [-0.2, -0.15) is 0 Å². The monoisotopic (exact) mass is 585 g/mol. The highest BCUT2D eigenvalue weighted by molar-refractivity contribution is 7.45. The maximum atomic E-state index is 14.8. The Balaban J connectivity index is 0.00000187. The Bertz CT molecular complexity index is 1200. The zero-order valence-electron chi connectivity index (χ0n) is 24.8. The van der Waals surface area contributed by atoms with Crippen molar-refractivity contribution in [1.82, 2.24) is 10.3 Å². The summed E-state index contributed by atoms with van der Waals surface area (Å²) >= 11 is 0. The summed E-state index contributed by atoms with van der Waals surface area (Å²) in [6, 6.07) is 6.83. The third-order valence-electron chi connectivity index (χ3n) is 5.86. The molecular weight excluding hydrogens is 543 g/mol. The summed E-state index contributed by atoms with van der Waals surface area (Å²) in [4.78, 5) is 21.2. The molecule has 0 spiro atoms. The fourth-order valence-corrected chi connectivity index (χ4v) is 5.20. The molecule has 221 valence electrons. The molecule has 0 bridgehead atoms. The molecular formula is C31H42BF3N4OP. The van der Waals surface area contributed by atoms with E-state index in [0.29, 0.717) is 33.0 Å². The summed E-state index contributed by atoms with van der Waals surface area (Å²) in [5, 5.41) is 7.43. The number of benzene rings is 1. The molecule has 1 aromatic heterocycles. The number of nitrogens with one attached hydrogen (secondary N) is 2. The van der Waals surface area contributed by atoms with Gasteiger partial charge in [0.2, 0.25) is 6.32 Å². The van der Waals surface area contributed by atoms with Gasteiger partial charge in [0.15, 0.2) is 0 Å². The number of nitrogens with zero attached hydrogens (tertiary/aromatic N) is 2. The van der Waals surface area contributed by atoms with Crippen molar-refractivity contribution >= 4 is 39.3 Å². The molecule has 1 amide bonds. The maximum absolute atomic E-state index is 14.8. The van der Waals surface area contributed by atoms with E-state index in [-0.39, 0.29) is 28.8 Å². The van der Waals surface area contributed by atoms with Crippen LogP contribution in [0, 0.1) is 11.7 Å². The zero-order chi connectivity index (χ0) is 30.4. The van der Waals surface area contributed by atoms with E-state index in [1.807, 2.05) is 13.1 Å². The van der Waals surface area contributed by atoms with Gasteiger partial charge in [-0.15, -0.1) is 0 Å². The lowest BCUT2D eigenvalue weighted by molar-refractivity contribution is 0.102. The van der Waals surface area contributed by atoms with Gasteiger partial charge >= 0.3 is 0 Å². The van der Waals surface area contributed by atoms with Crippen LogP contribution < -0.4 is 16.2 Å². The number of anilines is 1. The summed E-state index contributed by atoms with van der Waals surface area (Å²) < 4.78 is 39.7. The third-order valence-corrected chi connectivity index (χ3v) is 7.26. The van der Waals surface area contributed by atoms with E-state index in [4.69, 9.17) is 4.99 Å². The first-order valence-corrected chi connectivity index (χ1v) is 15.3. The van der Waals surface area contributed by atoms with Crippen LogP contribution in [0.1, 0.15) is 89.2 Å². The molecule has 2 heterocycles. The molecule has 5 nitrogen and oxygen atoms in total. The van der Waals surface area contributed by atoms with Crippen molar-refractivity contribution in [2.45, 2.75) is 85.4 Å². The predicted octanol–water partition coefficient (Wildman–Crippen LogP) is 7.80. The van der Waals surface area contributed by atoms with Crippen molar-refractivity contribution in [3.8, 4) is 0 Å². The Morgan fingerprint density at radius 1 is 1.12 bits per heavy atom. The molecule has 3 unspecified atom stereocenters. The van der Waals surface area contributed by atoms with E-state index in [1.165, 1.54) is 42.2 Å². The van der Waals surface area contributed by atoms with Crippen LogP contribution in [-0.4, -0.2) is 36.5 Å². The summed E-state index contributed by atoms with van der Waals surface area (Å²) in [5.74, 6) is -0.333. The maximum Gasteiger partial charge on any atom is 0.266 e. The van der Waals surface area contributed by atoms with Gasteiger partial charge in [-0.25, -0.2) is 13.2 Å². The number of hydrogen-bond acceptors (Lipinski definition) is 4. The zero-order valence-corrected chi connectivity index (χ0v) is 25.8. The molecule has 3 atom stereocenters. The number of aromatic nitrogens is 1. The second kappa shape index (κ2) is 17.9. The van der Waals surface area contributed by atoms with E-state index in [0.717, 1.165) is 25.0 Å². The highest BCUT2D eigenvalue weighted by atomic mass is 31.1. The SMILES string of the molecule is CCC.CCC/C=C1/N=CC(NC(C)c2cc(NC(=O)c3ccc([B]C(F)F)nc3)ccc2F)P/C1=C\CC(C)C. The standard InChI is InChI=1S/C28H34BF3N4OP.C3H8/c1-5-6-7-23-24(12-8-17(2)3)38-26(16-33-23)35-18(4)21-14-20(10-11-22(21)30)36-27(37)19-9-13-25(34-15-19)29-28(31)32;1-3-2/h7,9-18,26,28,35,38H,5-6,8H2,1-4H3,(H,36,37);3H2,1-2H3/b23-7+,24-12-;. The highest BCUT2D eigenvalue weighted by Gasteiger charge is 2.21. The van der Waals surface area contributed by atoms with E-state index < -0.39 is 12.2 Å². The van der Waals surface area contributed by atoms with Crippen LogP contribution in [0.2, 0.25) is 0 Å². The van der Waals surface area contributed by atoms with Gasteiger partial charge in [0.1, 0.15) is 5.82 Å². The Kier molecular flexibility index (Phi) is 15.0. The molecule has 0 saturated carbocycles. The lowest BCUT2D eigenvalue weighted by Crippen LogP contribution is -2.31. The molecule has 2 N–H and O–H groups in total. The molecule has 41 heavy (non-hydrogen) atoms. The van der Waals surface area contributed by atoms with Gasteiger partial charge in [-0.05, 0) is 61.3 Å². The topological polar surface area (TPSA) is 66.4 Å². The van der Waals surface area contributed by atoms with Crippen LogP contribution in [0.3, 0.4) is 0 Å². The lowest BCUT2D eigenvalue weighted by atomic mass is 9.75. The van der Waals surface area contributed by atoms with Crippen LogP contribution >= 0.6 is 8.58 Å². The van der Waals surface area contributed by atoms with Gasteiger partial charge in [-0.3, -0.25) is 20.1 Å². The molecule has 0 fully saturated rings. The number of aliphatic imine (C=N–C) groups is 1. The fourth-order valence-electron chi connectivity index (χ4n) is 3.83. The smallest absolute Gasteiger partial charge is 0.266 e. The van der Waals surface area contributed by atoms with Crippen molar-refractivity contribution in [2.24, 2.45) is 10.9 Å². The first kappa shape index (κ1) is 34.4. The van der Waals surface area contributed by atoms with Crippen LogP contribution in [0.5, 0.6) is 0 Å². The molecule has 10 heteroatoms. The summed E-state index contributed by atoms with van der Waals surface area (Å²) in [5.41, 5.74) is 2.16. The number of pyridine rings is 1. The van der Waals surface area contributed by atoms with Crippen LogP contribution in [0.15, 0.2) is 64.7 Å². The molecule has 1 aliphatic rings. The number of carbonyl (C=O) groups excluding carboxylic acids is 1. The molecule has 3 rings (SSSR count). The van der Waals surface area contributed by atoms with Crippen molar-refractivity contribution in [2.75, 3.05) is 5.32 Å². The van der Waals surface area contributed by atoms with Gasteiger partial charge in [0, 0.05) is 35.3 Å². The molecule has 2 aromatic rings. The number of allylic oxidation sites excluding steroid dienone is 3. The second-order valence-electron chi connectivity index (χ2n) is 10.3. The van der Waals surface area contributed by atoms with Crippen molar-refractivity contribution < 1.29 is 18.0 Å². The first-order valence-electron chi connectivity index (χ1n) is 14.2. The lowest BCUT2D eigenvalue weighted by Gasteiger charge is -2.26. The van der Waals surface area contributed by atoms with Crippen molar-refractivity contribution in [3.63, 3.8) is 0 Å². The minimum absolute atomic E-state index is 0.0329. The van der Waals surface area contributed by atoms with Crippen molar-refractivity contribution in [3.05, 3.63) is 76.6 Å². The highest BCUT2D eigenvalue weighted by Crippen LogP contribution is 2.39. The molecule has 1 aromatic carbocycles. The predicted molar refractivity (Wildman–Crippen MR) is 169 cm³/mol. The van der Waals surface area contributed by atoms with E-state index >= 15 is 0 Å². The number of unbranched alkanes of at least 4 members (excludes halogenated alkanes) is 1. The molecule has 0 saturated heterocycles. The number of rotatable bonds is 11. The number of halogens is 3. The second-order valence-corrected chi connectivity index (χ2v) is 11.7. The summed E-state index contributed by atoms with van der Waals surface area (Å²) in [6.07, 6.45) is 9.21. The third kappa shape index (κ3) is 11.9.